The van der Waals surface area contributed by atoms with Crippen molar-refractivity contribution in [3.8, 4) is 0 Å². The van der Waals surface area contributed by atoms with E-state index >= 15 is 0 Å². The zero-order chi connectivity index (χ0) is 23.4. The number of rotatable bonds is 6. The van der Waals surface area contributed by atoms with Gasteiger partial charge in [-0.1, -0.05) is 60.7 Å². The lowest BCUT2D eigenvalue weighted by atomic mass is 9.94. The van der Waals surface area contributed by atoms with E-state index in [0.717, 1.165) is 11.5 Å². The first-order valence-corrected chi connectivity index (χ1v) is 10.3. The summed E-state index contributed by atoms with van der Waals surface area (Å²) in [6.07, 6.45) is -3.22. The van der Waals surface area contributed by atoms with E-state index in [1.54, 1.807) is 66.9 Å². The number of nitrogens with zero attached hydrogens (tertiary/aromatic N) is 1. The second-order valence-electron chi connectivity index (χ2n) is 7.46. The van der Waals surface area contributed by atoms with Gasteiger partial charge in [-0.05, 0) is 30.2 Å². The number of nitrogens with one attached hydrogen (secondary N) is 1. The van der Waals surface area contributed by atoms with Gasteiger partial charge in [0.25, 0.3) is 5.91 Å². The number of alkyl halides is 3. The van der Waals surface area contributed by atoms with Gasteiger partial charge in [-0.25, -0.2) is 0 Å². The number of hydrogen-bond acceptors (Lipinski definition) is 3. The van der Waals surface area contributed by atoms with Crippen LogP contribution in [0.25, 0.3) is 10.9 Å². The summed E-state index contributed by atoms with van der Waals surface area (Å²) in [6, 6.07) is 20.7. The third-order valence-electron chi connectivity index (χ3n) is 5.28. The number of benzene rings is 3. The van der Waals surface area contributed by atoms with Gasteiger partial charge in [0.1, 0.15) is 0 Å². The highest BCUT2D eigenvalue weighted by atomic mass is 19.4. The average molecular weight is 448 g/mol. The van der Waals surface area contributed by atoms with E-state index in [0.29, 0.717) is 16.8 Å². The van der Waals surface area contributed by atoms with Gasteiger partial charge in [0.05, 0.1) is 22.3 Å². The lowest BCUT2D eigenvalue weighted by Gasteiger charge is -2.17. The highest BCUT2D eigenvalue weighted by molar-refractivity contribution is 6.10. The fourth-order valence-corrected chi connectivity index (χ4v) is 3.72. The number of fused-ring (bicyclic) bond motifs is 1. The lowest BCUT2D eigenvalue weighted by molar-refractivity contribution is -0.137. The number of hydrogen-bond donors (Lipinski definition) is 1. The van der Waals surface area contributed by atoms with Gasteiger partial charge in [-0.15, -0.1) is 0 Å². The summed E-state index contributed by atoms with van der Waals surface area (Å²) in [5, 5.41) is 3.33. The molecule has 0 aliphatic heterocycles. The summed E-state index contributed by atoms with van der Waals surface area (Å²) in [5.41, 5.74) is -0.131. The van der Waals surface area contributed by atoms with E-state index in [1.165, 1.54) is 12.1 Å². The van der Waals surface area contributed by atoms with Crippen LogP contribution in [0.2, 0.25) is 0 Å². The second kappa shape index (κ2) is 9.24. The molecule has 0 aliphatic rings. The Morgan fingerprint density at radius 1 is 0.848 bits per heavy atom. The average Bonchev–Trinajstić information content (AvgIpc) is 2.82. The Labute approximate surface area is 188 Å². The predicted octanol–water partition coefficient (Wildman–Crippen LogP) is 6.32. The maximum Gasteiger partial charge on any atom is 0.417 e. The number of ketones is 1. The molecule has 33 heavy (non-hydrogen) atoms. The van der Waals surface area contributed by atoms with E-state index in [-0.39, 0.29) is 24.2 Å². The molecule has 0 saturated carbocycles. The first-order chi connectivity index (χ1) is 15.8. The number of aryl methyl sites for hydroxylation is 1. The quantitative estimate of drug-likeness (QED) is 0.351. The Hall–Kier alpha value is -4.00. The van der Waals surface area contributed by atoms with Gasteiger partial charge in [0.15, 0.2) is 5.78 Å². The molecule has 1 N–H and O–H groups in total. The van der Waals surface area contributed by atoms with Gasteiger partial charge < -0.3 is 5.32 Å². The first-order valence-electron chi connectivity index (χ1n) is 10.3. The largest absolute Gasteiger partial charge is 0.417 e. The number of halogens is 3. The summed E-state index contributed by atoms with van der Waals surface area (Å²) < 4.78 is 41.4. The number of Topliss-reactive ketones (excluding diaryl/α,β-unsaturated/α-hetero) is 1. The molecule has 1 heterocycles. The SMILES string of the molecule is O=C(CCc1cccc(C(F)(F)F)c1C(=O)Nc1cccc2cccnc12)c1ccccc1. The van der Waals surface area contributed by atoms with E-state index in [1.807, 2.05) is 0 Å². The van der Waals surface area contributed by atoms with Gasteiger partial charge >= 0.3 is 6.18 Å². The van der Waals surface area contributed by atoms with Crippen LogP contribution in [-0.2, 0) is 12.6 Å². The molecule has 0 aliphatic carbocycles. The van der Waals surface area contributed by atoms with E-state index in [9.17, 15) is 22.8 Å². The van der Waals surface area contributed by atoms with Crippen LogP contribution in [0.4, 0.5) is 18.9 Å². The van der Waals surface area contributed by atoms with E-state index in [4.69, 9.17) is 0 Å². The number of aromatic nitrogens is 1. The zero-order valence-corrected chi connectivity index (χ0v) is 17.4. The highest BCUT2D eigenvalue weighted by Crippen LogP contribution is 2.34. The number of pyridine rings is 1. The molecule has 0 unspecified atom stereocenters. The third-order valence-corrected chi connectivity index (χ3v) is 5.28. The first kappa shape index (κ1) is 22.2. The third kappa shape index (κ3) is 4.92. The topological polar surface area (TPSA) is 59.1 Å². The summed E-state index contributed by atoms with van der Waals surface area (Å²) in [7, 11) is 0. The smallest absolute Gasteiger partial charge is 0.320 e. The molecule has 0 radical (unpaired) electrons. The second-order valence-corrected chi connectivity index (χ2v) is 7.46. The fraction of sp³-hybridized carbons (Fsp3) is 0.115. The van der Waals surface area contributed by atoms with E-state index < -0.39 is 23.2 Å². The molecular weight excluding hydrogens is 429 g/mol. The van der Waals surface area contributed by atoms with Crippen LogP contribution in [0.1, 0.15) is 38.3 Å². The maximum absolute atomic E-state index is 13.8. The Bertz CT molecular complexity index is 1310. The van der Waals surface area contributed by atoms with Gasteiger partial charge in [-0.3, -0.25) is 14.6 Å². The van der Waals surface area contributed by atoms with E-state index in [2.05, 4.69) is 10.3 Å². The number of para-hydroxylation sites is 1. The molecule has 4 aromatic rings. The lowest BCUT2D eigenvalue weighted by Crippen LogP contribution is -2.21. The number of amides is 1. The Morgan fingerprint density at radius 3 is 2.33 bits per heavy atom. The van der Waals surface area contributed by atoms with Crippen molar-refractivity contribution in [2.24, 2.45) is 0 Å². The van der Waals surface area contributed by atoms with Crippen molar-refractivity contribution < 1.29 is 22.8 Å². The minimum absolute atomic E-state index is 0.00577. The fourth-order valence-electron chi connectivity index (χ4n) is 3.72. The van der Waals surface area contributed by atoms with Gasteiger partial charge in [0.2, 0.25) is 0 Å². The summed E-state index contributed by atoms with van der Waals surface area (Å²) in [6.45, 7) is 0. The molecule has 0 spiro atoms. The Balaban J connectivity index is 1.68. The minimum atomic E-state index is -4.73. The van der Waals surface area contributed by atoms with Crippen LogP contribution in [0.5, 0.6) is 0 Å². The summed E-state index contributed by atoms with van der Waals surface area (Å²) in [4.78, 5) is 29.9. The minimum Gasteiger partial charge on any atom is -0.320 e. The summed E-state index contributed by atoms with van der Waals surface area (Å²) >= 11 is 0. The zero-order valence-electron chi connectivity index (χ0n) is 17.4. The number of anilines is 1. The standard InChI is InChI=1S/C26H19F3N2O2/c27-26(28,29)20-12-4-9-18(14-15-22(32)17-7-2-1-3-8-17)23(20)25(33)31-21-13-5-10-19-11-6-16-30-24(19)21/h1-13,16H,14-15H2,(H,31,33). The predicted molar refractivity (Wildman–Crippen MR) is 120 cm³/mol. The molecule has 0 saturated heterocycles. The highest BCUT2D eigenvalue weighted by Gasteiger charge is 2.36. The molecule has 4 rings (SSSR count). The molecular formula is C26H19F3N2O2. The van der Waals surface area contributed by atoms with Crippen molar-refractivity contribution in [1.82, 2.24) is 4.98 Å². The van der Waals surface area contributed by atoms with Crippen molar-refractivity contribution in [2.75, 3.05) is 5.32 Å². The van der Waals surface area contributed by atoms with Crippen molar-refractivity contribution in [3.63, 3.8) is 0 Å². The molecule has 1 aromatic heterocycles. The van der Waals surface area contributed by atoms with Crippen molar-refractivity contribution >= 4 is 28.3 Å². The Morgan fingerprint density at radius 2 is 1.58 bits per heavy atom. The van der Waals surface area contributed by atoms with Gasteiger partial charge in [0, 0.05) is 23.6 Å². The molecule has 0 bridgehead atoms. The van der Waals surface area contributed by atoms with Crippen LogP contribution in [0, 0.1) is 0 Å². The molecule has 4 nitrogen and oxygen atoms in total. The molecule has 1 amide bonds. The molecule has 3 aromatic carbocycles. The monoisotopic (exact) mass is 448 g/mol. The molecule has 7 heteroatoms. The Kier molecular flexibility index (Phi) is 6.22. The van der Waals surface area contributed by atoms with Crippen LogP contribution < -0.4 is 5.32 Å². The van der Waals surface area contributed by atoms with Crippen molar-refractivity contribution in [3.05, 3.63) is 107 Å². The van der Waals surface area contributed by atoms with Crippen LogP contribution >= 0.6 is 0 Å². The van der Waals surface area contributed by atoms with Crippen molar-refractivity contribution in [2.45, 2.75) is 19.0 Å². The molecule has 0 fully saturated rings. The number of carbonyl (C=O) groups excluding carboxylic acids is 2. The van der Waals surface area contributed by atoms with Crippen LogP contribution in [0.3, 0.4) is 0 Å². The normalized spacial score (nSPS) is 11.4. The van der Waals surface area contributed by atoms with Crippen LogP contribution in [-0.4, -0.2) is 16.7 Å². The molecule has 0 atom stereocenters. The number of carbonyl (C=O) groups is 2. The van der Waals surface area contributed by atoms with Gasteiger partial charge in [-0.2, -0.15) is 13.2 Å². The maximum atomic E-state index is 13.8. The molecule has 166 valence electrons. The van der Waals surface area contributed by atoms with Crippen molar-refractivity contribution in [1.29, 1.82) is 0 Å². The summed E-state index contributed by atoms with van der Waals surface area (Å²) in [5.74, 6) is -1.11. The van der Waals surface area contributed by atoms with Crippen LogP contribution in [0.15, 0.2) is 85.1 Å².